The number of hydrogen-bond donors (Lipinski definition) is 0. The summed E-state index contributed by atoms with van der Waals surface area (Å²) in [6, 6.07) is 12.3. The van der Waals surface area contributed by atoms with Crippen molar-refractivity contribution in [2.24, 2.45) is 0 Å². The van der Waals surface area contributed by atoms with Crippen LogP contribution in [-0.4, -0.2) is 30.8 Å². The molecule has 2 unspecified atom stereocenters. The molecule has 0 spiro atoms. The number of benzene rings is 2. The average molecular weight is 301 g/mol. The predicted octanol–water partition coefficient (Wildman–Crippen LogP) is 3.35. The molecule has 4 heteroatoms. The fraction of sp³-hybridized carbons (Fsp3) is 0.278. The van der Waals surface area contributed by atoms with Crippen molar-refractivity contribution in [1.82, 2.24) is 4.90 Å². The first-order valence-electron chi connectivity index (χ1n) is 7.28. The second-order valence-electron chi connectivity index (χ2n) is 5.84. The van der Waals surface area contributed by atoms with Crippen molar-refractivity contribution in [3.63, 3.8) is 0 Å². The van der Waals surface area contributed by atoms with E-state index < -0.39 is 0 Å². The Morgan fingerprint density at radius 3 is 1.77 bits per heavy atom. The first-order chi connectivity index (χ1) is 10.5. The van der Waals surface area contributed by atoms with Gasteiger partial charge in [0.05, 0.1) is 11.8 Å². The van der Waals surface area contributed by atoms with Gasteiger partial charge in [0, 0.05) is 13.1 Å². The summed E-state index contributed by atoms with van der Waals surface area (Å²) in [5.74, 6) is -1.44. The smallest absolute Gasteiger partial charge is 0.150 e. The van der Waals surface area contributed by atoms with Crippen LogP contribution in [0, 0.1) is 11.6 Å². The van der Waals surface area contributed by atoms with Gasteiger partial charge in [-0.15, -0.1) is 0 Å². The average Bonchev–Trinajstić information content (AvgIpc) is 2.49. The first kappa shape index (κ1) is 14.9. The molecule has 114 valence electrons. The summed E-state index contributed by atoms with van der Waals surface area (Å²) in [5, 5.41) is 0. The van der Waals surface area contributed by atoms with Crippen LogP contribution >= 0.6 is 0 Å². The van der Waals surface area contributed by atoms with Crippen LogP contribution in [0.25, 0.3) is 0 Å². The van der Waals surface area contributed by atoms with Crippen molar-refractivity contribution >= 4 is 5.78 Å². The van der Waals surface area contributed by atoms with Crippen molar-refractivity contribution in [3.8, 4) is 0 Å². The molecule has 1 aliphatic heterocycles. The lowest BCUT2D eigenvalue weighted by Crippen LogP contribution is -2.42. The molecule has 22 heavy (non-hydrogen) atoms. The number of likely N-dealkylation sites (tertiary alicyclic amines) is 1. The van der Waals surface area contributed by atoms with Gasteiger partial charge in [0.15, 0.2) is 0 Å². The monoisotopic (exact) mass is 301 g/mol. The summed E-state index contributed by atoms with van der Waals surface area (Å²) < 4.78 is 26.9. The molecule has 2 nitrogen and oxygen atoms in total. The van der Waals surface area contributed by atoms with E-state index >= 15 is 0 Å². The number of ketones is 1. The van der Waals surface area contributed by atoms with Gasteiger partial charge in [0.1, 0.15) is 17.4 Å². The Kier molecular flexibility index (Phi) is 4.03. The van der Waals surface area contributed by atoms with Gasteiger partial charge in [0.2, 0.25) is 0 Å². The Hall–Kier alpha value is -2.07. The number of carbonyl (C=O) groups is 1. The molecule has 0 saturated carbocycles. The molecular weight excluding hydrogens is 284 g/mol. The topological polar surface area (TPSA) is 20.3 Å². The molecule has 2 aromatic rings. The number of halogens is 2. The van der Waals surface area contributed by atoms with E-state index in [1.54, 1.807) is 24.3 Å². The summed E-state index contributed by atoms with van der Waals surface area (Å²) in [4.78, 5) is 14.9. The summed E-state index contributed by atoms with van der Waals surface area (Å²) in [7, 11) is 1.92. The number of likely N-dealkylation sites (N-methyl/N-ethyl adjacent to an activating group) is 1. The Balaban J connectivity index is 1.95. The molecule has 1 saturated heterocycles. The van der Waals surface area contributed by atoms with E-state index in [2.05, 4.69) is 0 Å². The van der Waals surface area contributed by atoms with Gasteiger partial charge >= 0.3 is 0 Å². The molecule has 0 amide bonds. The van der Waals surface area contributed by atoms with Crippen molar-refractivity contribution < 1.29 is 13.6 Å². The van der Waals surface area contributed by atoms with Crippen molar-refractivity contribution in [2.75, 3.05) is 20.1 Å². The van der Waals surface area contributed by atoms with Crippen LogP contribution < -0.4 is 0 Å². The Morgan fingerprint density at radius 2 is 1.36 bits per heavy atom. The molecule has 0 N–H and O–H groups in total. The summed E-state index contributed by atoms with van der Waals surface area (Å²) >= 11 is 0. The van der Waals surface area contributed by atoms with Crippen molar-refractivity contribution in [2.45, 2.75) is 11.8 Å². The van der Waals surface area contributed by atoms with Crippen LogP contribution in [0.15, 0.2) is 48.5 Å². The summed E-state index contributed by atoms with van der Waals surface area (Å²) in [6.07, 6.45) is 0. The van der Waals surface area contributed by atoms with E-state index in [1.165, 1.54) is 24.3 Å². The number of rotatable bonds is 2. The fourth-order valence-corrected chi connectivity index (χ4v) is 3.11. The third kappa shape index (κ3) is 2.92. The van der Waals surface area contributed by atoms with E-state index in [0.717, 1.165) is 0 Å². The van der Waals surface area contributed by atoms with Gasteiger partial charge in [-0.25, -0.2) is 8.78 Å². The highest BCUT2D eigenvalue weighted by atomic mass is 19.1. The lowest BCUT2D eigenvalue weighted by atomic mass is 9.80. The molecular formula is C18H17F2NO. The highest BCUT2D eigenvalue weighted by Gasteiger charge is 2.35. The second kappa shape index (κ2) is 5.97. The third-order valence-corrected chi connectivity index (χ3v) is 4.18. The minimum Gasteiger partial charge on any atom is -0.304 e. The highest BCUT2D eigenvalue weighted by molar-refractivity contribution is 5.93. The molecule has 2 aromatic carbocycles. The summed E-state index contributed by atoms with van der Waals surface area (Å²) in [6.45, 7) is 1.10. The van der Waals surface area contributed by atoms with Crippen molar-refractivity contribution in [1.29, 1.82) is 0 Å². The van der Waals surface area contributed by atoms with Crippen LogP contribution in [0.4, 0.5) is 8.78 Å². The van der Waals surface area contributed by atoms with Crippen LogP contribution in [0.3, 0.4) is 0 Å². The minimum atomic E-state index is -0.386. The SMILES string of the molecule is CN1CC(c2cccc(F)c2)C(=O)C(c2cccc(F)c2)C1. The Bertz CT molecular complexity index is 643. The maximum absolute atomic E-state index is 13.4. The summed E-state index contributed by atoms with van der Waals surface area (Å²) in [5.41, 5.74) is 1.36. The van der Waals surface area contributed by atoms with Gasteiger partial charge in [0.25, 0.3) is 0 Å². The molecule has 0 radical (unpaired) electrons. The van der Waals surface area contributed by atoms with Gasteiger partial charge in [-0.3, -0.25) is 4.79 Å². The molecule has 1 heterocycles. The maximum Gasteiger partial charge on any atom is 0.150 e. The lowest BCUT2D eigenvalue weighted by Gasteiger charge is -2.35. The third-order valence-electron chi connectivity index (χ3n) is 4.18. The van der Waals surface area contributed by atoms with Crippen LogP contribution in [0.5, 0.6) is 0 Å². The number of Topliss-reactive ketones (excluding diaryl/α,β-unsaturated/α-hetero) is 1. The minimum absolute atomic E-state index is 0.0225. The van der Waals surface area contributed by atoms with E-state index in [1.807, 2.05) is 11.9 Å². The second-order valence-corrected chi connectivity index (χ2v) is 5.84. The maximum atomic E-state index is 13.4. The molecule has 1 aliphatic rings. The Morgan fingerprint density at radius 1 is 0.909 bits per heavy atom. The van der Waals surface area contributed by atoms with Crippen LogP contribution in [0.2, 0.25) is 0 Å². The molecule has 2 atom stereocenters. The van der Waals surface area contributed by atoms with Crippen molar-refractivity contribution in [3.05, 3.63) is 71.3 Å². The lowest BCUT2D eigenvalue weighted by molar-refractivity contribution is -0.124. The van der Waals surface area contributed by atoms with Crippen LogP contribution in [0.1, 0.15) is 23.0 Å². The van der Waals surface area contributed by atoms with E-state index in [9.17, 15) is 13.6 Å². The first-order valence-corrected chi connectivity index (χ1v) is 7.28. The van der Waals surface area contributed by atoms with Gasteiger partial charge < -0.3 is 4.90 Å². The zero-order valence-electron chi connectivity index (χ0n) is 12.3. The molecule has 0 bridgehead atoms. The van der Waals surface area contributed by atoms with E-state index in [-0.39, 0.29) is 29.3 Å². The number of carbonyl (C=O) groups excluding carboxylic acids is 1. The molecule has 0 aliphatic carbocycles. The fourth-order valence-electron chi connectivity index (χ4n) is 3.11. The molecule has 0 aromatic heterocycles. The van der Waals surface area contributed by atoms with Gasteiger partial charge in [-0.2, -0.15) is 0 Å². The number of nitrogens with zero attached hydrogens (tertiary/aromatic N) is 1. The van der Waals surface area contributed by atoms with E-state index in [4.69, 9.17) is 0 Å². The van der Waals surface area contributed by atoms with Gasteiger partial charge in [-0.1, -0.05) is 24.3 Å². The largest absolute Gasteiger partial charge is 0.304 e. The van der Waals surface area contributed by atoms with Gasteiger partial charge in [-0.05, 0) is 42.4 Å². The normalized spacial score (nSPS) is 22.8. The quantitative estimate of drug-likeness (QED) is 0.848. The zero-order valence-corrected chi connectivity index (χ0v) is 12.3. The molecule has 1 fully saturated rings. The predicted molar refractivity (Wildman–Crippen MR) is 80.8 cm³/mol. The number of piperidine rings is 1. The standard InChI is InChI=1S/C18H17F2NO/c1-21-10-16(12-4-2-6-14(19)8-12)18(22)17(11-21)13-5-3-7-15(20)9-13/h2-9,16-17H,10-11H2,1H3. The van der Waals surface area contributed by atoms with E-state index in [0.29, 0.717) is 24.2 Å². The highest BCUT2D eigenvalue weighted by Crippen LogP contribution is 2.32. The van der Waals surface area contributed by atoms with Crippen LogP contribution in [-0.2, 0) is 4.79 Å². The number of hydrogen-bond acceptors (Lipinski definition) is 2. The Labute approximate surface area is 128 Å². The molecule has 3 rings (SSSR count). The zero-order chi connectivity index (χ0) is 15.7.